The number of sulfone groups is 1. The van der Waals surface area contributed by atoms with Gasteiger partial charge in [0, 0.05) is 7.05 Å². The molecular weight excluding hydrogens is 274 g/mol. The summed E-state index contributed by atoms with van der Waals surface area (Å²) in [6.07, 6.45) is 0.182. The van der Waals surface area contributed by atoms with Crippen molar-refractivity contribution in [2.75, 3.05) is 22.9 Å². The van der Waals surface area contributed by atoms with Crippen molar-refractivity contribution >= 4 is 25.5 Å². The minimum Gasteiger partial charge on any atom is -0.273 e. The Kier molecular flexibility index (Phi) is 3.37. The standard InChI is InChI=1S/C11H15NO4S2/c1-12(10-5-3-2-4-6-10)18(15,16)11-7-8-17(13,14)9-11/h2-6,11H,7-9H2,1H3. The number of hydrogen-bond donors (Lipinski definition) is 0. The SMILES string of the molecule is CN(c1ccccc1)S(=O)(=O)C1CCS(=O)(=O)C1. The lowest BCUT2D eigenvalue weighted by Crippen LogP contribution is -2.36. The molecule has 5 nitrogen and oxygen atoms in total. The van der Waals surface area contributed by atoms with Gasteiger partial charge in [-0.2, -0.15) is 0 Å². The molecule has 1 fully saturated rings. The highest BCUT2D eigenvalue weighted by Gasteiger charge is 2.39. The Morgan fingerprint density at radius 2 is 1.83 bits per heavy atom. The molecule has 0 aliphatic carbocycles. The van der Waals surface area contributed by atoms with E-state index in [0.717, 1.165) is 0 Å². The van der Waals surface area contributed by atoms with Crippen molar-refractivity contribution in [3.05, 3.63) is 30.3 Å². The van der Waals surface area contributed by atoms with Crippen LogP contribution in [0.3, 0.4) is 0 Å². The number of hydrogen-bond acceptors (Lipinski definition) is 4. The van der Waals surface area contributed by atoms with Gasteiger partial charge in [-0.05, 0) is 18.6 Å². The first-order valence-electron chi connectivity index (χ1n) is 5.56. The molecule has 1 saturated heterocycles. The van der Waals surface area contributed by atoms with E-state index in [9.17, 15) is 16.8 Å². The molecule has 1 aliphatic rings. The highest BCUT2D eigenvalue weighted by molar-refractivity contribution is 7.97. The Morgan fingerprint density at radius 3 is 2.33 bits per heavy atom. The molecule has 0 N–H and O–H groups in total. The molecule has 0 saturated carbocycles. The van der Waals surface area contributed by atoms with Gasteiger partial charge in [0.1, 0.15) is 0 Å². The number of rotatable bonds is 3. The first-order valence-corrected chi connectivity index (χ1v) is 8.88. The fraction of sp³-hybridized carbons (Fsp3) is 0.455. The smallest absolute Gasteiger partial charge is 0.238 e. The molecular formula is C11H15NO4S2. The third-order valence-electron chi connectivity index (χ3n) is 3.11. The lowest BCUT2D eigenvalue weighted by atomic mass is 10.3. The fourth-order valence-corrected chi connectivity index (χ4v) is 6.29. The normalized spacial score (nSPS) is 22.8. The highest BCUT2D eigenvalue weighted by atomic mass is 32.2. The summed E-state index contributed by atoms with van der Waals surface area (Å²) in [7, 11) is -5.35. The number of para-hydroxylation sites is 1. The van der Waals surface area contributed by atoms with E-state index < -0.39 is 25.1 Å². The summed E-state index contributed by atoms with van der Waals surface area (Å²) in [5.41, 5.74) is 0.543. The van der Waals surface area contributed by atoms with Crippen molar-refractivity contribution in [3.8, 4) is 0 Å². The molecule has 1 aromatic rings. The Morgan fingerprint density at radius 1 is 1.22 bits per heavy atom. The molecule has 1 aromatic carbocycles. The van der Waals surface area contributed by atoms with Crippen LogP contribution in [0.4, 0.5) is 5.69 Å². The van der Waals surface area contributed by atoms with Crippen molar-refractivity contribution in [2.45, 2.75) is 11.7 Å². The molecule has 0 aromatic heterocycles. The second-order valence-corrected chi connectivity index (χ2v) is 8.85. The van der Waals surface area contributed by atoms with Crippen LogP contribution in [0.1, 0.15) is 6.42 Å². The summed E-state index contributed by atoms with van der Waals surface area (Å²) < 4.78 is 48.5. The predicted octanol–water partition coefficient (Wildman–Crippen LogP) is 0.640. The fourth-order valence-electron chi connectivity index (χ4n) is 2.00. The van der Waals surface area contributed by atoms with E-state index in [0.29, 0.717) is 5.69 Å². The maximum Gasteiger partial charge on any atom is 0.238 e. The Hall–Kier alpha value is -1.08. The van der Waals surface area contributed by atoms with E-state index in [1.165, 1.54) is 11.4 Å². The monoisotopic (exact) mass is 289 g/mol. The van der Waals surface area contributed by atoms with E-state index in [1.807, 2.05) is 0 Å². The van der Waals surface area contributed by atoms with Gasteiger partial charge in [0.2, 0.25) is 10.0 Å². The molecule has 7 heteroatoms. The molecule has 18 heavy (non-hydrogen) atoms. The molecule has 1 unspecified atom stereocenters. The van der Waals surface area contributed by atoms with E-state index in [-0.39, 0.29) is 17.9 Å². The zero-order valence-corrected chi connectivity index (χ0v) is 11.6. The second kappa shape index (κ2) is 4.55. The first kappa shape index (κ1) is 13.4. The van der Waals surface area contributed by atoms with Gasteiger partial charge in [-0.25, -0.2) is 16.8 Å². The number of benzene rings is 1. The van der Waals surface area contributed by atoms with Gasteiger partial charge in [-0.1, -0.05) is 18.2 Å². The van der Waals surface area contributed by atoms with Crippen LogP contribution in [0.15, 0.2) is 30.3 Å². The van der Waals surface area contributed by atoms with Crippen LogP contribution in [0.25, 0.3) is 0 Å². The van der Waals surface area contributed by atoms with Crippen LogP contribution in [0.2, 0.25) is 0 Å². The molecule has 0 bridgehead atoms. The van der Waals surface area contributed by atoms with E-state index in [1.54, 1.807) is 30.3 Å². The molecule has 2 rings (SSSR count). The van der Waals surface area contributed by atoms with Gasteiger partial charge in [0.05, 0.1) is 22.4 Å². The zero-order chi connectivity index (χ0) is 13.4. The van der Waals surface area contributed by atoms with E-state index in [4.69, 9.17) is 0 Å². The molecule has 0 radical (unpaired) electrons. The van der Waals surface area contributed by atoms with Gasteiger partial charge < -0.3 is 0 Å². The van der Waals surface area contributed by atoms with Crippen molar-refractivity contribution in [1.29, 1.82) is 0 Å². The van der Waals surface area contributed by atoms with Crippen LogP contribution in [-0.4, -0.2) is 40.6 Å². The van der Waals surface area contributed by atoms with Crippen molar-refractivity contribution in [1.82, 2.24) is 0 Å². The number of sulfonamides is 1. The van der Waals surface area contributed by atoms with Gasteiger partial charge in [0.25, 0.3) is 0 Å². The summed E-state index contributed by atoms with van der Waals surface area (Å²) in [5, 5.41) is -0.826. The summed E-state index contributed by atoms with van der Waals surface area (Å²) in [5.74, 6) is -0.313. The first-order chi connectivity index (χ1) is 8.33. The van der Waals surface area contributed by atoms with Crippen LogP contribution in [0, 0.1) is 0 Å². The largest absolute Gasteiger partial charge is 0.273 e. The summed E-state index contributed by atoms with van der Waals surface area (Å²) in [4.78, 5) is 0. The quantitative estimate of drug-likeness (QED) is 0.818. The minimum absolute atomic E-state index is 0.0421. The molecule has 100 valence electrons. The number of nitrogens with zero attached hydrogens (tertiary/aromatic N) is 1. The molecule has 0 amide bonds. The van der Waals surface area contributed by atoms with Gasteiger partial charge in [0.15, 0.2) is 9.84 Å². The van der Waals surface area contributed by atoms with Crippen LogP contribution >= 0.6 is 0 Å². The van der Waals surface area contributed by atoms with Crippen molar-refractivity contribution in [3.63, 3.8) is 0 Å². The van der Waals surface area contributed by atoms with Crippen LogP contribution in [0.5, 0.6) is 0 Å². The Labute approximate surface area is 107 Å². The Balaban J connectivity index is 2.28. The molecule has 1 heterocycles. The van der Waals surface area contributed by atoms with E-state index >= 15 is 0 Å². The Bertz CT molecular complexity index is 622. The summed E-state index contributed by atoms with van der Waals surface area (Å²) >= 11 is 0. The third kappa shape index (κ3) is 2.51. The molecule has 0 spiro atoms. The lowest BCUT2D eigenvalue weighted by molar-refractivity contribution is 0.580. The molecule has 1 atom stereocenters. The maximum atomic E-state index is 12.3. The third-order valence-corrected chi connectivity index (χ3v) is 7.31. The number of anilines is 1. The zero-order valence-electron chi connectivity index (χ0n) is 9.98. The van der Waals surface area contributed by atoms with Crippen LogP contribution < -0.4 is 4.31 Å². The highest BCUT2D eigenvalue weighted by Crippen LogP contribution is 2.25. The summed E-state index contributed by atoms with van der Waals surface area (Å²) in [6, 6.07) is 8.64. The van der Waals surface area contributed by atoms with Crippen LogP contribution in [-0.2, 0) is 19.9 Å². The average molecular weight is 289 g/mol. The van der Waals surface area contributed by atoms with Gasteiger partial charge >= 0.3 is 0 Å². The van der Waals surface area contributed by atoms with Crippen molar-refractivity contribution < 1.29 is 16.8 Å². The average Bonchev–Trinajstić information content (AvgIpc) is 2.70. The maximum absolute atomic E-state index is 12.3. The lowest BCUT2D eigenvalue weighted by Gasteiger charge is -2.22. The minimum atomic E-state index is -3.61. The molecule has 1 aliphatic heterocycles. The van der Waals surface area contributed by atoms with Crippen molar-refractivity contribution in [2.24, 2.45) is 0 Å². The topological polar surface area (TPSA) is 71.5 Å². The van der Waals surface area contributed by atoms with E-state index in [2.05, 4.69) is 0 Å². The predicted molar refractivity (Wildman–Crippen MR) is 70.8 cm³/mol. The summed E-state index contributed by atoms with van der Waals surface area (Å²) in [6.45, 7) is 0. The second-order valence-electron chi connectivity index (χ2n) is 4.37. The van der Waals surface area contributed by atoms with Gasteiger partial charge in [-0.3, -0.25) is 4.31 Å². The van der Waals surface area contributed by atoms with Gasteiger partial charge in [-0.15, -0.1) is 0 Å².